The smallest absolute Gasteiger partial charge is 0.220 e. The molecule has 3 aliphatic rings. The Morgan fingerprint density at radius 3 is 0.946 bits per heavy atom. The lowest BCUT2D eigenvalue weighted by Gasteiger charge is -2.48. The highest BCUT2D eigenvalue weighted by atomic mass is 16.8. The minimum atomic E-state index is -1.97. The Kier molecular flexibility index (Phi) is 51.4. The van der Waals surface area contributed by atoms with Gasteiger partial charge in [0.05, 0.1) is 38.6 Å². The zero-order valence-corrected chi connectivity index (χ0v) is 58.1. The first-order chi connectivity index (χ1) is 44.8. The lowest BCUT2D eigenvalue weighted by atomic mass is 9.96. The standard InChI is InChI=1S/C73H141NO18/c1-3-5-7-9-11-13-14-15-16-17-18-19-20-21-22-23-24-25-26-27-28-29-30-31-32-33-34-35-36-37-38-39-40-41-43-45-47-49-51-61(79)74-56(57(78)50-48-46-44-42-12-10-8-6-4-2)55-87-71-67(85)64(82)69(59(53-76)89-71)92-73-68(86)65(83)70(60(54-77)90-73)91-72-66(84)63(81)62(80)58(52-75)88-72/h56-60,62-73,75-78,80-86H,3-55H2,1-2H3,(H,74,79). The molecule has 92 heavy (non-hydrogen) atoms. The molecule has 0 aromatic rings. The molecule has 3 saturated heterocycles. The Hall–Kier alpha value is -1.21. The zero-order valence-electron chi connectivity index (χ0n) is 58.1. The van der Waals surface area contributed by atoms with Gasteiger partial charge < -0.3 is 89.9 Å². The maximum atomic E-state index is 13.4. The fraction of sp³-hybridized carbons (Fsp3) is 0.986. The van der Waals surface area contributed by atoms with Gasteiger partial charge in [-0.25, -0.2) is 0 Å². The summed E-state index contributed by atoms with van der Waals surface area (Å²) in [6, 6.07) is -0.880. The van der Waals surface area contributed by atoms with Crippen molar-refractivity contribution in [1.29, 1.82) is 0 Å². The number of unbranched alkanes of at least 4 members (excludes halogenated alkanes) is 45. The molecule has 17 atom stereocenters. The molecule has 3 fully saturated rings. The van der Waals surface area contributed by atoms with Gasteiger partial charge in [0.2, 0.25) is 5.91 Å². The van der Waals surface area contributed by atoms with Crippen LogP contribution in [0.3, 0.4) is 0 Å². The molecule has 3 aliphatic heterocycles. The van der Waals surface area contributed by atoms with E-state index in [2.05, 4.69) is 19.2 Å². The molecule has 3 rings (SSSR count). The third-order valence-electron chi connectivity index (χ3n) is 19.7. The molecule has 0 bridgehead atoms. The number of carbonyl (C=O) groups excluding carboxylic acids is 1. The molecule has 3 heterocycles. The van der Waals surface area contributed by atoms with Crippen LogP contribution in [0.5, 0.6) is 0 Å². The molecule has 19 heteroatoms. The van der Waals surface area contributed by atoms with Gasteiger partial charge in [-0.05, 0) is 12.8 Å². The molecule has 0 spiro atoms. The van der Waals surface area contributed by atoms with E-state index in [1.54, 1.807) is 0 Å². The minimum absolute atomic E-state index is 0.238. The van der Waals surface area contributed by atoms with Crippen LogP contribution in [-0.2, 0) is 33.2 Å². The van der Waals surface area contributed by atoms with Crippen LogP contribution in [0.25, 0.3) is 0 Å². The zero-order chi connectivity index (χ0) is 66.8. The molecule has 1 amide bonds. The van der Waals surface area contributed by atoms with Crippen molar-refractivity contribution in [3.05, 3.63) is 0 Å². The number of nitrogens with one attached hydrogen (secondary N) is 1. The second-order valence-corrected chi connectivity index (χ2v) is 27.8. The number of carbonyl (C=O) groups is 1. The Balaban J connectivity index is 1.24. The van der Waals surface area contributed by atoms with Crippen LogP contribution in [-0.4, -0.2) is 193 Å². The fourth-order valence-corrected chi connectivity index (χ4v) is 13.5. The Morgan fingerprint density at radius 2 is 0.620 bits per heavy atom. The van der Waals surface area contributed by atoms with E-state index in [-0.39, 0.29) is 18.9 Å². The van der Waals surface area contributed by atoms with Crippen molar-refractivity contribution in [2.45, 2.75) is 433 Å². The Labute approximate surface area is 557 Å². The van der Waals surface area contributed by atoms with Gasteiger partial charge in [0.25, 0.3) is 0 Å². The van der Waals surface area contributed by atoms with Crippen molar-refractivity contribution in [1.82, 2.24) is 5.32 Å². The second kappa shape index (κ2) is 55.6. The summed E-state index contributed by atoms with van der Waals surface area (Å²) in [4.78, 5) is 13.4. The monoisotopic (exact) mass is 1320 g/mol. The lowest BCUT2D eigenvalue weighted by molar-refractivity contribution is -0.379. The molecule has 0 aromatic heterocycles. The van der Waals surface area contributed by atoms with E-state index in [0.717, 1.165) is 44.9 Å². The largest absolute Gasteiger partial charge is 0.394 e. The number of aliphatic hydroxyl groups is 11. The van der Waals surface area contributed by atoms with E-state index in [1.165, 1.54) is 250 Å². The second-order valence-electron chi connectivity index (χ2n) is 27.8. The van der Waals surface area contributed by atoms with E-state index >= 15 is 0 Å². The summed E-state index contributed by atoms with van der Waals surface area (Å²) < 4.78 is 34.3. The van der Waals surface area contributed by atoms with Gasteiger partial charge in [0, 0.05) is 6.42 Å². The van der Waals surface area contributed by atoms with Gasteiger partial charge >= 0.3 is 0 Å². The van der Waals surface area contributed by atoms with Gasteiger partial charge in [-0.2, -0.15) is 0 Å². The van der Waals surface area contributed by atoms with Gasteiger partial charge in [0.1, 0.15) is 73.2 Å². The van der Waals surface area contributed by atoms with Crippen LogP contribution in [0.1, 0.15) is 328 Å². The first-order valence-corrected chi connectivity index (χ1v) is 38.3. The van der Waals surface area contributed by atoms with Crippen LogP contribution in [0.15, 0.2) is 0 Å². The topological polar surface area (TPSA) is 307 Å². The number of rotatable bonds is 61. The predicted octanol–water partition coefficient (Wildman–Crippen LogP) is 11.5. The van der Waals surface area contributed by atoms with Crippen LogP contribution in [0.2, 0.25) is 0 Å². The van der Waals surface area contributed by atoms with E-state index in [9.17, 15) is 61.0 Å². The van der Waals surface area contributed by atoms with E-state index in [4.69, 9.17) is 28.4 Å². The molecule has 0 aliphatic carbocycles. The predicted molar refractivity (Wildman–Crippen MR) is 361 cm³/mol. The highest BCUT2D eigenvalue weighted by Crippen LogP contribution is 2.33. The van der Waals surface area contributed by atoms with Gasteiger partial charge in [-0.3, -0.25) is 4.79 Å². The molecule has 0 saturated carbocycles. The number of hydrogen-bond donors (Lipinski definition) is 12. The van der Waals surface area contributed by atoms with Crippen LogP contribution < -0.4 is 5.32 Å². The summed E-state index contributed by atoms with van der Waals surface area (Å²) in [6.45, 7) is 1.80. The number of amides is 1. The first kappa shape index (κ1) is 85.0. The van der Waals surface area contributed by atoms with Gasteiger partial charge in [-0.1, -0.05) is 309 Å². The summed E-state index contributed by atoms with van der Waals surface area (Å²) in [5.41, 5.74) is 0. The number of hydrogen-bond acceptors (Lipinski definition) is 18. The SMILES string of the molecule is CCCCCCCCCCCCCCCCCCCCCCCCCCCCCCCCCCCCCCCCC(=O)NC(COC1OC(CO)C(OC2OC(CO)C(OC3OC(CO)C(O)C(O)C3O)C(O)C2O)C(O)C1O)C(O)CCCCCCCCCCC. The van der Waals surface area contributed by atoms with Crippen molar-refractivity contribution in [3.63, 3.8) is 0 Å². The first-order valence-electron chi connectivity index (χ1n) is 38.3. The highest BCUT2D eigenvalue weighted by molar-refractivity contribution is 5.76. The molecule has 546 valence electrons. The Morgan fingerprint density at radius 1 is 0.348 bits per heavy atom. The van der Waals surface area contributed by atoms with Gasteiger partial charge in [0.15, 0.2) is 18.9 Å². The summed E-state index contributed by atoms with van der Waals surface area (Å²) in [5, 5.41) is 120. The fourth-order valence-electron chi connectivity index (χ4n) is 13.5. The summed E-state index contributed by atoms with van der Waals surface area (Å²) in [5.74, 6) is -0.238. The summed E-state index contributed by atoms with van der Waals surface area (Å²) in [7, 11) is 0. The normalized spacial score (nSPS) is 27.6. The van der Waals surface area contributed by atoms with Gasteiger partial charge in [-0.15, -0.1) is 0 Å². The quantitative estimate of drug-likeness (QED) is 0.0252. The van der Waals surface area contributed by atoms with Crippen molar-refractivity contribution in [2.75, 3.05) is 26.4 Å². The van der Waals surface area contributed by atoms with Crippen molar-refractivity contribution < 1.29 is 89.4 Å². The van der Waals surface area contributed by atoms with Crippen LogP contribution in [0.4, 0.5) is 0 Å². The molecule has 12 N–H and O–H groups in total. The van der Waals surface area contributed by atoms with Crippen molar-refractivity contribution in [2.24, 2.45) is 0 Å². The highest BCUT2D eigenvalue weighted by Gasteiger charge is 2.53. The average molecular weight is 1320 g/mol. The molecular formula is C73H141NO18. The number of aliphatic hydroxyl groups excluding tert-OH is 11. The average Bonchev–Trinajstić information content (AvgIpc) is 0.831. The molecule has 17 unspecified atom stereocenters. The maximum absolute atomic E-state index is 13.4. The van der Waals surface area contributed by atoms with Crippen molar-refractivity contribution >= 4 is 5.91 Å². The Bertz CT molecular complexity index is 1670. The third-order valence-corrected chi connectivity index (χ3v) is 19.7. The molecule has 19 nitrogen and oxygen atoms in total. The van der Waals surface area contributed by atoms with Crippen LogP contribution in [0, 0.1) is 0 Å². The lowest BCUT2D eigenvalue weighted by Crippen LogP contribution is -2.66. The number of ether oxygens (including phenoxy) is 6. The molecular weight excluding hydrogens is 1180 g/mol. The third kappa shape index (κ3) is 36.6. The summed E-state index contributed by atoms with van der Waals surface area (Å²) >= 11 is 0. The molecule has 0 radical (unpaired) electrons. The van der Waals surface area contributed by atoms with Crippen molar-refractivity contribution in [3.8, 4) is 0 Å². The maximum Gasteiger partial charge on any atom is 0.220 e. The van der Waals surface area contributed by atoms with E-state index < -0.39 is 124 Å². The summed E-state index contributed by atoms with van der Waals surface area (Å²) in [6.07, 6.45) is 35.5. The van der Waals surface area contributed by atoms with Crippen LogP contribution >= 0.6 is 0 Å². The van der Waals surface area contributed by atoms with E-state index in [0.29, 0.717) is 12.8 Å². The molecule has 0 aromatic carbocycles. The van der Waals surface area contributed by atoms with E-state index in [1.807, 2.05) is 0 Å². The minimum Gasteiger partial charge on any atom is -0.394 e.